The van der Waals surface area contributed by atoms with Crippen molar-refractivity contribution in [3.8, 4) is 0 Å². The van der Waals surface area contributed by atoms with Gasteiger partial charge >= 0.3 is 0 Å². The number of hydrogen-bond donors (Lipinski definition) is 1. The molecule has 1 aliphatic heterocycles. The van der Waals surface area contributed by atoms with Crippen LogP contribution < -0.4 is 10.6 Å². The van der Waals surface area contributed by atoms with Crippen molar-refractivity contribution in [1.82, 2.24) is 15.2 Å². The summed E-state index contributed by atoms with van der Waals surface area (Å²) < 4.78 is 4.81. The summed E-state index contributed by atoms with van der Waals surface area (Å²) in [5.74, 6) is 0.697. The summed E-state index contributed by atoms with van der Waals surface area (Å²) in [6.07, 6.45) is 1.25. The Labute approximate surface area is 112 Å². The van der Waals surface area contributed by atoms with Crippen molar-refractivity contribution in [1.29, 1.82) is 0 Å². The Morgan fingerprint density at radius 2 is 2.21 bits per heavy atom. The molecule has 0 aliphatic carbocycles. The first-order valence-electron chi connectivity index (χ1n) is 6.55. The van der Waals surface area contributed by atoms with Gasteiger partial charge in [0.25, 0.3) is 0 Å². The summed E-state index contributed by atoms with van der Waals surface area (Å²) >= 11 is 0. The lowest BCUT2D eigenvalue weighted by Crippen LogP contribution is -2.27. The van der Waals surface area contributed by atoms with Gasteiger partial charge in [0.05, 0.1) is 11.4 Å². The highest BCUT2D eigenvalue weighted by molar-refractivity contribution is 5.95. The number of nitrogens with zero attached hydrogens (tertiary/aromatic N) is 4. The Morgan fingerprint density at radius 3 is 2.95 bits per heavy atom. The van der Waals surface area contributed by atoms with E-state index in [9.17, 15) is 0 Å². The number of anilines is 2. The van der Waals surface area contributed by atoms with Crippen molar-refractivity contribution in [2.75, 3.05) is 44.4 Å². The van der Waals surface area contributed by atoms with Crippen molar-refractivity contribution >= 4 is 22.4 Å². The van der Waals surface area contributed by atoms with Gasteiger partial charge < -0.3 is 15.5 Å². The maximum atomic E-state index is 5.86. The largest absolute Gasteiger partial charge is 0.397 e. The van der Waals surface area contributed by atoms with Gasteiger partial charge in [-0.15, -0.1) is 0 Å². The summed E-state index contributed by atoms with van der Waals surface area (Å²) in [4.78, 5) is 4.59. The summed E-state index contributed by atoms with van der Waals surface area (Å²) in [7, 11) is 4.25. The smallest absolute Gasteiger partial charge is 0.160 e. The molecule has 102 valence electrons. The minimum absolute atomic E-state index is 0.606. The van der Waals surface area contributed by atoms with E-state index in [1.54, 1.807) is 0 Å². The van der Waals surface area contributed by atoms with Gasteiger partial charge in [-0.2, -0.15) is 0 Å². The minimum Gasteiger partial charge on any atom is -0.397 e. The van der Waals surface area contributed by atoms with E-state index < -0.39 is 0 Å². The van der Waals surface area contributed by atoms with Gasteiger partial charge in [0.1, 0.15) is 0 Å². The molecule has 2 heterocycles. The molecule has 0 bridgehead atoms. The molecule has 1 atom stereocenters. The molecule has 0 amide bonds. The topological polar surface area (TPSA) is 71.4 Å². The SMILES string of the molecule is CN1CCC(CN(C)c2ccc(N)c3nonc23)C1. The predicted molar refractivity (Wildman–Crippen MR) is 75.1 cm³/mol. The highest BCUT2D eigenvalue weighted by Gasteiger charge is 2.22. The van der Waals surface area contributed by atoms with Gasteiger partial charge in [-0.25, -0.2) is 4.63 Å². The molecule has 1 aromatic heterocycles. The van der Waals surface area contributed by atoms with Gasteiger partial charge in [0, 0.05) is 20.1 Å². The first-order valence-corrected chi connectivity index (χ1v) is 6.55. The van der Waals surface area contributed by atoms with Crippen LogP contribution in [0, 0.1) is 5.92 Å². The van der Waals surface area contributed by atoms with Crippen molar-refractivity contribution in [3.63, 3.8) is 0 Å². The van der Waals surface area contributed by atoms with Crippen molar-refractivity contribution in [2.24, 2.45) is 5.92 Å². The molecular formula is C13H19N5O. The van der Waals surface area contributed by atoms with Crippen LogP contribution in [0.25, 0.3) is 11.0 Å². The maximum Gasteiger partial charge on any atom is 0.160 e. The third-order valence-corrected chi connectivity index (χ3v) is 3.86. The Morgan fingerprint density at radius 1 is 1.42 bits per heavy atom. The van der Waals surface area contributed by atoms with Crippen LogP contribution in [0.1, 0.15) is 6.42 Å². The molecule has 3 rings (SSSR count). The fourth-order valence-electron chi connectivity index (χ4n) is 2.84. The van der Waals surface area contributed by atoms with Gasteiger partial charge in [-0.1, -0.05) is 0 Å². The average Bonchev–Trinajstić information content (AvgIpc) is 2.99. The molecule has 19 heavy (non-hydrogen) atoms. The zero-order chi connectivity index (χ0) is 13.4. The van der Waals surface area contributed by atoms with E-state index >= 15 is 0 Å². The predicted octanol–water partition coefficient (Wildman–Crippen LogP) is 1.19. The zero-order valence-electron chi connectivity index (χ0n) is 11.3. The monoisotopic (exact) mass is 261 g/mol. The molecule has 1 unspecified atom stereocenters. The zero-order valence-corrected chi connectivity index (χ0v) is 11.3. The lowest BCUT2D eigenvalue weighted by molar-refractivity contribution is 0.315. The second-order valence-corrected chi connectivity index (χ2v) is 5.43. The van der Waals surface area contributed by atoms with Gasteiger partial charge in [-0.05, 0) is 48.4 Å². The fourth-order valence-corrected chi connectivity index (χ4v) is 2.84. The number of nitrogens with two attached hydrogens (primary N) is 1. The normalized spacial score (nSPS) is 20.2. The van der Waals surface area contributed by atoms with Crippen LogP contribution in [-0.4, -0.2) is 48.9 Å². The summed E-state index contributed by atoms with van der Waals surface area (Å²) in [5, 5.41) is 7.83. The first-order chi connectivity index (χ1) is 9.15. The second-order valence-electron chi connectivity index (χ2n) is 5.43. The van der Waals surface area contributed by atoms with E-state index in [1.807, 2.05) is 12.1 Å². The van der Waals surface area contributed by atoms with Crippen LogP contribution in [0.3, 0.4) is 0 Å². The summed E-state index contributed by atoms with van der Waals surface area (Å²) in [6, 6.07) is 3.85. The number of nitrogen functional groups attached to an aromatic ring is 1. The number of benzene rings is 1. The number of hydrogen-bond acceptors (Lipinski definition) is 6. The van der Waals surface area contributed by atoms with Crippen LogP contribution in [0.15, 0.2) is 16.8 Å². The number of fused-ring (bicyclic) bond motifs is 1. The third kappa shape index (κ3) is 2.23. The quantitative estimate of drug-likeness (QED) is 0.837. The number of likely N-dealkylation sites (tertiary alicyclic amines) is 1. The van der Waals surface area contributed by atoms with Crippen LogP contribution in [-0.2, 0) is 0 Å². The molecule has 6 heteroatoms. The number of aromatic nitrogens is 2. The van der Waals surface area contributed by atoms with Gasteiger partial charge in [0.2, 0.25) is 0 Å². The maximum absolute atomic E-state index is 5.86. The Kier molecular flexibility index (Phi) is 3.02. The molecule has 0 saturated carbocycles. The molecule has 0 radical (unpaired) electrons. The van der Waals surface area contributed by atoms with Crippen molar-refractivity contribution in [2.45, 2.75) is 6.42 Å². The van der Waals surface area contributed by atoms with E-state index in [1.165, 1.54) is 13.0 Å². The molecule has 0 spiro atoms. The van der Waals surface area contributed by atoms with E-state index in [4.69, 9.17) is 10.4 Å². The average molecular weight is 261 g/mol. The molecule has 1 aliphatic rings. The minimum atomic E-state index is 0.606. The van der Waals surface area contributed by atoms with Gasteiger partial charge in [0.15, 0.2) is 11.0 Å². The van der Waals surface area contributed by atoms with Crippen LogP contribution in [0.2, 0.25) is 0 Å². The Hall–Kier alpha value is -1.82. The molecule has 1 aromatic carbocycles. The van der Waals surface area contributed by atoms with E-state index in [-0.39, 0.29) is 0 Å². The first kappa shape index (κ1) is 12.2. The van der Waals surface area contributed by atoms with Crippen molar-refractivity contribution in [3.05, 3.63) is 12.1 Å². The standard InChI is InChI=1S/C13H19N5O/c1-17-6-5-9(7-17)8-18(2)11-4-3-10(14)12-13(11)16-19-15-12/h3-4,9H,5-8,14H2,1-2H3. The fraction of sp³-hybridized carbons (Fsp3) is 0.538. The molecule has 2 N–H and O–H groups in total. The third-order valence-electron chi connectivity index (χ3n) is 3.86. The highest BCUT2D eigenvalue weighted by Crippen LogP contribution is 2.28. The summed E-state index contributed by atoms with van der Waals surface area (Å²) in [6.45, 7) is 3.34. The van der Waals surface area contributed by atoms with Crippen molar-refractivity contribution < 1.29 is 4.63 Å². The van der Waals surface area contributed by atoms with Crippen LogP contribution in [0.5, 0.6) is 0 Å². The van der Waals surface area contributed by atoms with E-state index in [2.05, 4.69) is 34.2 Å². The Balaban J connectivity index is 1.83. The van der Waals surface area contributed by atoms with Gasteiger partial charge in [-0.3, -0.25) is 0 Å². The molecular weight excluding hydrogens is 242 g/mol. The van der Waals surface area contributed by atoms with E-state index in [0.29, 0.717) is 17.1 Å². The van der Waals surface area contributed by atoms with Crippen LogP contribution in [0.4, 0.5) is 11.4 Å². The molecule has 2 aromatic rings. The lowest BCUT2D eigenvalue weighted by atomic mass is 10.1. The molecule has 1 saturated heterocycles. The second kappa shape index (κ2) is 4.70. The Bertz CT molecular complexity index is 581. The molecule has 6 nitrogen and oxygen atoms in total. The lowest BCUT2D eigenvalue weighted by Gasteiger charge is -2.23. The van der Waals surface area contributed by atoms with E-state index in [0.717, 1.165) is 24.3 Å². The highest BCUT2D eigenvalue weighted by atomic mass is 16.6. The number of rotatable bonds is 3. The summed E-state index contributed by atoms with van der Waals surface area (Å²) in [5.41, 5.74) is 8.89. The molecule has 1 fully saturated rings. The van der Waals surface area contributed by atoms with Crippen LogP contribution >= 0.6 is 0 Å².